The Morgan fingerprint density at radius 3 is 2.55 bits per heavy atom. The van der Waals surface area contributed by atoms with Crippen molar-refractivity contribution >= 4 is 0 Å². The molecule has 0 fully saturated rings. The highest BCUT2D eigenvalue weighted by atomic mass is 16.5. The van der Waals surface area contributed by atoms with Crippen molar-refractivity contribution < 1.29 is 4.74 Å². The minimum absolute atomic E-state index is 0.761. The number of aromatic nitrogens is 1. The van der Waals surface area contributed by atoms with Crippen LogP contribution in [-0.4, -0.2) is 18.1 Å². The third-order valence-electron chi connectivity index (χ3n) is 3.41. The van der Waals surface area contributed by atoms with E-state index >= 15 is 0 Å². The lowest BCUT2D eigenvalue weighted by molar-refractivity contribution is 0.292. The van der Waals surface area contributed by atoms with Gasteiger partial charge in [-0.05, 0) is 31.9 Å². The number of nitrogens with zero attached hydrogens (tertiary/aromatic N) is 1. The lowest BCUT2D eigenvalue weighted by atomic mass is 10.2. The zero-order valence-corrected chi connectivity index (χ0v) is 13.4. The number of unbranched alkanes of at least 4 members (excludes halogenated alkanes) is 4. The molecule has 0 saturated carbocycles. The molecule has 1 heterocycles. The van der Waals surface area contributed by atoms with E-state index in [1.54, 1.807) is 0 Å². The van der Waals surface area contributed by atoms with E-state index in [1.165, 1.54) is 31.2 Å². The number of hydrogen-bond acceptors (Lipinski definition) is 3. The Bertz CT molecular complexity index is 366. The monoisotopic (exact) mass is 278 g/mol. The minimum Gasteiger partial charge on any atom is -0.478 e. The first kappa shape index (κ1) is 17.0. The lowest BCUT2D eigenvalue weighted by Crippen LogP contribution is -2.15. The van der Waals surface area contributed by atoms with Gasteiger partial charge in [0, 0.05) is 18.3 Å². The predicted molar refractivity (Wildman–Crippen MR) is 85.2 cm³/mol. The molecule has 3 heteroatoms. The zero-order chi connectivity index (χ0) is 14.6. The van der Waals surface area contributed by atoms with Gasteiger partial charge >= 0.3 is 0 Å². The number of aryl methyl sites for hydroxylation is 1. The minimum atomic E-state index is 0.761. The summed E-state index contributed by atoms with van der Waals surface area (Å²) < 4.78 is 5.72. The zero-order valence-electron chi connectivity index (χ0n) is 13.4. The molecular formula is C17H30N2O. The van der Waals surface area contributed by atoms with Gasteiger partial charge in [-0.15, -0.1) is 0 Å². The smallest absolute Gasteiger partial charge is 0.213 e. The fourth-order valence-corrected chi connectivity index (χ4v) is 2.12. The summed E-state index contributed by atoms with van der Waals surface area (Å²) in [6.07, 6.45) is 7.47. The Kier molecular flexibility index (Phi) is 9.05. The summed E-state index contributed by atoms with van der Waals surface area (Å²) in [6, 6.07) is 4.11. The Hall–Kier alpha value is -1.09. The van der Waals surface area contributed by atoms with Crippen LogP contribution in [0.4, 0.5) is 0 Å². The molecule has 0 aliphatic heterocycles. The van der Waals surface area contributed by atoms with E-state index in [4.69, 9.17) is 4.74 Å². The summed E-state index contributed by atoms with van der Waals surface area (Å²) in [7, 11) is 0. The molecule has 1 rings (SSSR count). The molecule has 20 heavy (non-hydrogen) atoms. The van der Waals surface area contributed by atoms with Crippen LogP contribution in [0.15, 0.2) is 12.1 Å². The highest BCUT2D eigenvalue weighted by Crippen LogP contribution is 2.13. The highest BCUT2D eigenvalue weighted by Gasteiger charge is 2.02. The molecule has 0 aliphatic rings. The number of hydrogen-bond donors (Lipinski definition) is 1. The normalized spacial score (nSPS) is 10.8. The second-order valence-electron chi connectivity index (χ2n) is 5.33. The second kappa shape index (κ2) is 10.7. The fourth-order valence-electron chi connectivity index (χ4n) is 2.12. The van der Waals surface area contributed by atoms with Gasteiger partial charge in [-0.2, -0.15) is 0 Å². The topological polar surface area (TPSA) is 34.1 Å². The summed E-state index contributed by atoms with van der Waals surface area (Å²) in [5, 5.41) is 3.40. The first-order valence-corrected chi connectivity index (χ1v) is 8.08. The van der Waals surface area contributed by atoms with Crippen molar-refractivity contribution in [1.82, 2.24) is 10.3 Å². The lowest BCUT2D eigenvalue weighted by Gasteiger charge is -2.10. The maximum atomic E-state index is 5.72. The molecule has 0 bridgehead atoms. The van der Waals surface area contributed by atoms with Crippen molar-refractivity contribution in [3.8, 4) is 5.88 Å². The van der Waals surface area contributed by atoms with E-state index < -0.39 is 0 Å². The Morgan fingerprint density at radius 1 is 1.05 bits per heavy atom. The molecule has 0 unspecified atom stereocenters. The van der Waals surface area contributed by atoms with Gasteiger partial charge in [0.2, 0.25) is 5.88 Å². The molecule has 1 aromatic rings. The Balaban J connectivity index is 2.28. The number of ether oxygens (including phenoxy) is 1. The van der Waals surface area contributed by atoms with Crippen LogP contribution in [0.25, 0.3) is 0 Å². The number of nitrogens with one attached hydrogen (secondary N) is 1. The van der Waals surface area contributed by atoms with Crippen molar-refractivity contribution in [1.29, 1.82) is 0 Å². The molecule has 0 aliphatic carbocycles. The molecule has 0 radical (unpaired) electrons. The predicted octanol–water partition coefficient (Wildman–Crippen LogP) is 4.24. The van der Waals surface area contributed by atoms with Crippen molar-refractivity contribution in [2.75, 3.05) is 13.2 Å². The highest BCUT2D eigenvalue weighted by molar-refractivity contribution is 5.24. The molecule has 0 saturated heterocycles. The summed E-state index contributed by atoms with van der Waals surface area (Å²) in [4.78, 5) is 4.52. The van der Waals surface area contributed by atoms with Gasteiger partial charge in [-0.1, -0.05) is 45.6 Å². The van der Waals surface area contributed by atoms with Gasteiger partial charge in [-0.25, -0.2) is 4.98 Å². The van der Waals surface area contributed by atoms with Crippen LogP contribution in [0.1, 0.15) is 63.6 Å². The first-order valence-electron chi connectivity index (χ1n) is 8.08. The van der Waals surface area contributed by atoms with Gasteiger partial charge in [0.1, 0.15) is 0 Å². The van der Waals surface area contributed by atoms with Crippen LogP contribution in [-0.2, 0) is 6.54 Å². The third kappa shape index (κ3) is 6.90. The van der Waals surface area contributed by atoms with Crippen molar-refractivity contribution in [2.45, 2.75) is 65.8 Å². The van der Waals surface area contributed by atoms with E-state index in [0.29, 0.717) is 0 Å². The van der Waals surface area contributed by atoms with Crippen LogP contribution in [0.3, 0.4) is 0 Å². The van der Waals surface area contributed by atoms with Gasteiger partial charge in [0.05, 0.1) is 6.61 Å². The third-order valence-corrected chi connectivity index (χ3v) is 3.41. The van der Waals surface area contributed by atoms with Gasteiger partial charge < -0.3 is 10.1 Å². The van der Waals surface area contributed by atoms with E-state index in [1.807, 2.05) is 6.07 Å². The molecule has 114 valence electrons. The van der Waals surface area contributed by atoms with Gasteiger partial charge in [0.15, 0.2) is 0 Å². The molecule has 1 aromatic heterocycles. The Morgan fingerprint density at radius 2 is 1.85 bits per heavy atom. The standard InChI is InChI=1S/C17H30N2O/c1-4-6-7-8-9-13-20-17-11-10-16(15(3)19-17)14-18-12-5-2/h10-11,18H,4-9,12-14H2,1-3H3. The molecule has 0 atom stereocenters. The SMILES string of the molecule is CCCCCCCOc1ccc(CNCCC)c(C)n1. The van der Waals surface area contributed by atoms with E-state index in [2.05, 4.69) is 37.1 Å². The largest absolute Gasteiger partial charge is 0.478 e. The fraction of sp³-hybridized carbons (Fsp3) is 0.706. The molecule has 1 N–H and O–H groups in total. The molecule has 0 spiro atoms. The van der Waals surface area contributed by atoms with Gasteiger partial charge in [0.25, 0.3) is 0 Å². The van der Waals surface area contributed by atoms with Gasteiger partial charge in [-0.3, -0.25) is 0 Å². The molecule has 0 amide bonds. The number of rotatable bonds is 11. The maximum Gasteiger partial charge on any atom is 0.213 e. The van der Waals surface area contributed by atoms with Crippen LogP contribution in [0, 0.1) is 6.92 Å². The first-order chi connectivity index (χ1) is 9.77. The Labute approximate surface area is 124 Å². The van der Waals surface area contributed by atoms with Crippen molar-refractivity contribution in [2.24, 2.45) is 0 Å². The summed E-state index contributed by atoms with van der Waals surface area (Å²) in [5.41, 5.74) is 2.32. The van der Waals surface area contributed by atoms with Crippen LogP contribution in [0.5, 0.6) is 5.88 Å². The van der Waals surface area contributed by atoms with Crippen LogP contribution < -0.4 is 10.1 Å². The molecule has 3 nitrogen and oxygen atoms in total. The maximum absolute atomic E-state index is 5.72. The van der Waals surface area contributed by atoms with Crippen molar-refractivity contribution in [3.05, 3.63) is 23.4 Å². The average molecular weight is 278 g/mol. The summed E-state index contributed by atoms with van der Waals surface area (Å²) in [6.45, 7) is 9.19. The van der Waals surface area contributed by atoms with E-state index in [0.717, 1.165) is 44.1 Å². The number of pyridine rings is 1. The molecule has 0 aromatic carbocycles. The second-order valence-corrected chi connectivity index (χ2v) is 5.33. The summed E-state index contributed by atoms with van der Waals surface area (Å²) in [5.74, 6) is 0.761. The van der Waals surface area contributed by atoms with E-state index in [9.17, 15) is 0 Å². The molecular weight excluding hydrogens is 248 g/mol. The summed E-state index contributed by atoms with van der Waals surface area (Å²) >= 11 is 0. The quantitative estimate of drug-likeness (QED) is 0.615. The average Bonchev–Trinajstić information content (AvgIpc) is 2.45. The van der Waals surface area contributed by atoms with Crippen molar-refractivity contribution in [3.63, 3.8) is 0 Å². The van der Waals surface area contributed by atoms with Crippen LogP contribution >= 0.6 is 0 Å². The van der Waals surface area contributed by atoms with Crippen LogP contribution in [0.2, 0.25) is 0 Å². The van der Waals surface area contributed by atoms with E-state index in [-0.39, 0.29) is 0 Å².